The lowest BCUT2D eigenvalue weighted by molar-refractivity contribution is 0.445. The highest BCUT2D eigenvalue weighted by Gasteiger charge is 2.36. The standard InChI is InChI=1S/C43H44O2/c1-43(2,37-11-19-41(20-12-37)44-39-15-5-29(6-16-39)23-35-27-31-3-9-33(35)25-31)38-13-21-42(22-14-38)45-40-17-7-30(8-18-40)24-36-28-32-4-10-34(36)26-32/h3-22,31-36H,23-28H2,1-2H3. The van der Waals surface area contributed by atoms with Gasteiger partial charge < -0.3 is 9.47 Å². The fourth-order valence-electron chi connectivity index (χ4n) is 8.57. The van der Waals surface area contributed by atoms with Crippen LogP contribution >= 0.6 is 0 Å². The van der Waals surface area contributed by atoms with Gasteiger partial charge in [-0.05, 0) is 145 Å². The van der Waals surface area contributed by atoms with E-state index < -0.39 is 0 Å². The normalized spacial score (nSPS) is 26.1. The van der Waals surface area contributed by atoms with Gasteiger partial charge in [-0.25, -0.2) is 0 Å². The highest BCUT2D eigenvalue weighted by molar-refractivity contribution is 5.44. The molecule has 0 aliphatic heterocycles. The number of ether oxygens (including phenoxy) is 2. The summed E-state index contributed by atoms with van der Waals surface area (Å²) in [5, 5.41) is 0. The monoisotopic (exact) mass is 592 g/mol. The van der Waals surface area contributed by atoms with Crippen molar-refractivity contribution in [2.75, 3.05) is 0 Å². The van der Waals surface area contributed by atoms with Crippen LogP contribution in [0, 0.1) is 35.5 Å². The maximum Gasteiger partial charge on any atom is 0.127 e. The fraction of sp³-hybridized carbons (Fsp3) is 0.349. The summed E-state index contributed by atoms with van der Waals surface area (Å²) in [4.78, 5) is 0. The van der Waals surface area contributed by atoms with E-state index in [0.29, 0.717) is 0 Å². The number of rotatable bonds is 10. The predicted molar refractivity (Wildman–Crippen MR) is 183 cm³/mol. The molecule has 45 heavy (non-hydrogen) atoms. The Labute approximate surface area is 268 Å². The molecule has 2 nitrogen and oxygen atoms in total. The molecule has 4 aliphatic rings. The molecule has 2 fully saturated rings. The van der Waals surface area contributed by atoms with Crippen LogP contribution in [0.4, 0.5) is 0 Å². The second kappa shape index (κ2) is 11.7. The lowest BCUT2D eigenvalue weighted by atomic mass is 9.78. The van der Waals surface area contributed by atoms with Crippen LogP contribution in [0.15, 0.2) is 121 Å². The summed E-state index contributed by atoms with van der Waals surface area (Å²) in [7, 11) is 0. The number of fused-ring (bicyclic) bond motifs is 4. The molecular weight excluding hydrogens is 548 g/mol. The number of allylic oxidation sites excluding steroid dienone is 4. The Morgan fingerprint density at radius 2 is 0.822 bits per heavy atom. The topological polar surface area (TPSA) is 18.5 Å². The highest BCUT2D eigenvalue weighted by Crippen LogP contribution is 2.46. The van der Waals surface area contributed by atoms with Gasteiger partial charge in [0.15, 0.2) is 0 Å². The Kier molecular flexibility index (Phi) is 7.40. The Bertz CT molecular complexity index is 1550. The van der Waals surface area contributed by atoms with Gasteiger partial charge in [-0.1, -0.05) is 86.7 Å². The van der Waals surface area contributed by atoms with Gasteiger partial charge in [-0.15, -0.1) is 0 Å². The van der Waals surface area contributed by atoms with Gasteiger partial charge in [0.05, 0.1) is 0 Å². The molecule has 4 bridgehead atoms. The maximum atomic E-state index is 6.22. The Morgan fingerprint density at radius 3 is 1.13 bits per heavy atom. The third-order valence-corrected chi connectivity index (χ3v) is 11.3. The van der Waals surface area contributed by atoms with Crippen molar-refractivity contribution in [2.24, 2.45) is 35.5 Å². The molecule has 2 saturated carbocycles. The van der Waals surface area contributed by atoms with Crippen LogP contribution in [0.3, 0.4) is 0 Å². The van der Waals surface area contributed by atoms with Crippen molar-refractivity contribution in [3.8, 4) is 23.0 Å². The minimum atomic E-state index is -0.149. The fourth-order valence-corrected chi connectivity index (χ4v) is 8.57. The lowest BCUT2D eigenvalue weighted by Crippen LogP contribution is -2.18. The Morgan fingerprint density at radius 1 is 0.467 bits per heavy atom. The van der Waals surface area contributed by atoms with Gasteiger partial charge in [0.1, 0.15) is 23.0 Å². The molecule has 6 unspecified atom stereocenters. The molecule has 4 aromatic carbocycles. The Balaban J connectivity index is 0.856. The van der Waals surface area contributed by atoms with Crippen LogP contribution in [0.1, 0.15) is 61.8 Å². The third-order valence-electron chi connectivity index (χ3n) is 11.3. The van der Waals surface area contributed by atoms with Gasteiger partial charge in [0.25, 0.3) is 0 Å². The third kappa shape index (κ3) is 6.00. The van der Waals surface area contributed by atoms with Crippen LogP contribution in [0.2, 0.25) is 0 Å². The van der Waals surface area contributed by atoms with Crippen molar-refractivity contribution in [3.05, 3.63) is 144 Å². The lowest BCUT2D eigenvalue weighted by Gasteiger charge is -2.26. The highest BCUT2D eigenvalue weighted by atomic mass is 16.5. The molecule has 0 spiro atoms. The molecule has 0 aromatic heterocycles. The molecule has 0 heterocycles. The van der Waals surface area contributed by atoms with Gasteiger partial charge in [0, 0.05) is 5.41 Å². The molecule has 0 N–H and O–H groups in total. The summed E-state index contributed by atoms with van der Waals surface area (Å²) in [6, 6.07) is 34.5. The van der Waals surface area contributed by atoms with E-state index in [1.807, 2.05) is 0 Å². The van der Waals surface area contributed by atoms with Crippen molar-refractivity contribution < 1.29 is 9.47 Å². The molecule has 4 aromatic rings. The minimum Gasteiger partial charge on any atom is -0.457 e. The molecule has 6 atom stereocenters. The largest absolute Gasteiger partial charge is 0.457 e. The van der Waals surface area contributed by atoms with Crippen molar-refractivity contribution in [1.82, 2.24) is 0 Å². The summed E-state index contributed by atoms with van der Waals surface area (Å²) >= 11 is 0. The first-order valence-electron chi connectivity index (χ1n) is 17.1. The summed E-state index contributed by atoms with van der Waals surface area (Å²) in [5.41, 5.74) is 5.18. The van der Waals surface area contributed by atoms with E-state index in [1.54, 1.807) is 0 Å². The summed E-state index contributed by atoms with van der Waals surface area (Å²) in [6.45, 7) is 4.54. The van der Waals surface area contributed by atoms with Crippen molar-refractivity contribution in [3.63, 3.8) is 0 Å². The SMILES string of the molecule is CC(C)(c1ccc(Oc2ccc(CC3CC4C=CC3C4)cc2)cc1)c1ccc(Oc2ccc(CC3CC4C=CC3C4)cc2)cc1. The molecule has 0 radical (unpaired) electrons. The predicted octanol–water partition coefficient (Wildman–Crippen LogP) is 11.1. The van der Waals surface area contributed by atoms with E-state index in [4.69, 9.17) is 9.47 Å². The summed E-state index contributed by atoms with van der Waals surface area (Å²) < 4.78 is 12.4. The van der Waals surface area contributed by atoms with Crippen LogP contribution < -0.4 is 9.47 Å². The number of hydrogen-bond donors (Lipinski definition) is 0. The quantitative estimate of drug-likeness (QED) is 0.171. The average Bonchev–Trinajstić information content (AvgIpc) is 3.87. The first-order valence-corrected chi connectivity index (χ1v) is 17.1. The molecular formula is C43H44O2. The molecule has 8 rings (SSSR count). The van der Waals surface area contributed by atoms with Crippen LogP contribution in [0.25, 0.3) is 0 Å². The van der Waals surface area contributed by atoms with Crippen molar-refractivity contribution >= 4 is 0 Å². The second-order valence-electron chi connectivity index (χ2n) is 14.7. The minimum absolute atomic E-state index is 0.149. The summed E-state index contributed by atoms with van der Waals surface area (Å²) in [5.74, 6) is 8.37. The zero-order valence-electron chi connectivity index (χ0n) is 26.6. The van der Waals surface area contributed by atoms with E-state index >= 15 is 0 Å². The molecule has 228 valence electrons. The molecule has 2 heteroatoms. The second-order valence-corrected chi connectivity index (χ2v) is 14.7. The van der Waals surface area contributed by atoms with E-state index in [-0.39, 0.29) is 5.41 Å². The zero-order valence-corrected chi connectivity index (χ0v) is 26.6. The van der Waals surface area contributed by atoms with E-state index in [0.717, 1.165) is 58.5 Å². The van der Waals surface area contributed by atoms with Gasteiger partial charge in [-0.3, -0.25) is 0 Å². The maximum absolute atomic E-state index is 6.22. The van der Waals surface area contributed by atoms with Crippen molar-refractivity contribution in [1.29, 1.82) is 0 Å². The van der Waals surface area contributed by atoms with Gasteiger partial charge >= 0.3 is 0 Å². The van der Waals surface area contributed by atoms with E-state index in [9.17, 15) is 0 Å². The van der Waals surface area contributed by atoms with E-state index in [1.165, 1.54) is 60.8 Å². The van der Waals surface area contributed by atoms with Crippen molar-refractivity contribution in [2.45, 2.75) is 57.8 Å². The molecule has 4 aliphatic carbocycles. The van der Waals surface area contributed by atoms with Crippen LogP contribution in [0.5, 0.6) is 23.0 Å². The summed E-state index contributed by atoms with van der Waals surface area (Å²) in [6.07, 6.45) is 17.5. The molecule has 0 amide bonds. The molecule has 0 saturated heterocycles. The number of hydrogen-bond acceptors (Lipinski definition) is 2. The smallest absolute Gasteiger partial charge is 0.127 e. The Hall–Kier alpha value is -4.04. The first-order chi connectivity index (χ1) is 21.9. The zero-order chi connectivity index (χ0) is 30.4. The average molecular weight is 593 g/mol. The van der Waals surface area contributed by atoms with Gasteiger partial charge in [0.2, 0.25) is 0 Å². The van der Waals surface area contributed by atoms with E-state index in [2.05, 4.69) is 135 Å². The van der Waals surface area contributed by atoms with Crippen LogP contribution in [-0.4, -0.2) is 0 Å². The number of benzene rings is 4. The first kappa shape index (κ1) is 28.4. The van der Waals surface area contributed by atoms with Gasteiger partial charge in [-0.2, -0.15) is 0 Å². The van der Waals surface area contributed by atoms with Crippen LogP contribution in [-0.2, 0) is 18.3 Å².